The molecule has 3 aliphatic heterocycles. The lowest BCUT2D eigenvalue weighted by Gasteiger charge is -2.42. The lowest BCUT2D eigenvalue weighted by Crippen LogP contribution is -2.50. The summed E-state index contributed by atoms with van der Waals surface area (Å²) in [7, 11) is 2.34. The molecule has 1 aromatic carbocycles. The second-order valence-corrected chi connectivity index (χ2v) is 8.10. The molecule has 1 aromatic rings. The van der Waals surface area contributed by atoms with Crippen molar-refractivity contribution in [2.75, 3.05) is 46.4 Å². The van der Waals surface area contributed by atoms with E-state index in [2.05, 4.69) is 52.1 Å². The molecule has 0 spiro atoms. The van der Waals surface area contributed by atoms with Gasteiger partial charge in [0.05, 0.1) is 13.2 Å². The van der Waals surface area contributed by atoms with Crippen LogP contribution in [-0.2, 0) is 11.3 Å². The monoisotopic (exact) mass is 343 g/mol. The van der Waals surface area contributed by atoms with Crippen LogP contribution in [0.15, 0.2) is 30.3 Å². The van der Waals surface area contributed by atoms with Crippen LogP contribution in [0.1, 0.15) is 31.2 Å². The van der Waals surface area contributed by atoms with Crippen LogP contribution in [0.5, 0.6) is 0 Å². The number of benzene rings is 1. The summed E-state index contributed by atoms with van der Waals surface area (Å²) < 4.78 is 5.46. The summed E-state index contributed by atoms with van der Waals surface area (Å²) in [6.07, 6.45) is 5.49. The molecule has 0 radical (unpaired) electrons. The van der Waals surface area contributed by atoms with E-state index in [0.29, 0.717) is 0 Å². The van der Waals surface area contributed by atoms with E-state index < -0.39 is 0 Å². The van der Waals surface area contributed by atoms with E-state index in [1.807, 2.05) is 0 Å². The standard InChI is InChI=1S/C21H33N3O/c1-22(9-10-23-11-13-25-14-12-23)21-15-19-7-8-20(16-21)24(19)17-18-5-3-2-4-6-18/h2-6,19-21H,7-17H2,1H3. The van der Waals surface area contributed by atoms with Crippen LogP contribution < -0.4 is 0 Å². The van der Waals surface area contributed by atoms with Gasteiger partial charge in [0.25, 0.3) is 0 Å². The van der Waals surface area contributed by atoms with Crippen LogP contribution in [0.25, 0.3) is 0 Å². The van der Waals surface area contributed by atoms with E-state index in [9.17, 15) is 0 Å². The predicted octanol–water partition coefficient (Wildman–Crippen LogP) is 2.45. The largest absolute Gasteiger partial charge is 0.379 e. The molecule has 4 heteroatoms. The molecule has 4 nitrogen and oxygen atoms in total. The van der Waals surface area contributed by atoms with Gasteiger partial charge >= 0.3 is 0 Å². The first kappa shape index (κ1) is 17.5. The van der Waals surface area contributed by atoms with Crippen molar-refractivity contribution in [1.82, 2.24) is 14.7 Å². The molecule has 25 heavy (non-hydrogen) atoms. The van der Waals surface area contributed by atoms with Gasteiger partial charge in [0.15, 0.2) is 0 Å². The third kappa shape index (κ3) is 4.25. The number of hydrogen-bond acceptors (Lipinski definition) is 4. The third-order valence-corrected chi connectivity index (χ3v) is 6.56. The van der Waals surface area contributed by atoms with Crippen LogP contribution in [0, 0.1) is 0 Å². The predicted molar refractivity (Wildman–Crippen MR) is 102 cm³/mol. The summed E-state index contributed by atoms with van der Waals surface area (Å²) in [5.41, 5.74) is 1.47. The van der Waals surface area contributed by atoms with Gasteiger partial charge in [-0.2, -0.15) is 0 Å². The Balaban J connectivity index is 1.28. The minimum atomic E-state index is 0.769. The normalized spacial score (nSPS) is 30.9. The number of ether oxygens (including phenoxy) is 1. The maximum atomic E-state index is 5.46. The van der Waals surface area contributed by atoms with Crippen molar-refractivity contribution in [1.29, 1.82) is 0 Å². The maximum Gasteiger partial charge on any atom is 0.0594 e. The van der Waals surface area contributed by atoms with Crippen molar-refractivity contribution < 1.29 is 4.74 Å². The van der Waals surface area contributed by atoms with Crippen molar-refractivity contribution >= 4 is 0 Å². The quantitative estimate of drug-likeness (QED) is 0.790. The topological polar surface area (TPSA) is 19.0 Å². The van der Waals surface area contributed by atoms with E-state index in [4.69, 9.17) is 4.74 Å². The van der Waals surface area contributed by atoms with Crippen molar-refractivity contribution in [3.63, 3.8) is 0 Å². The first-order valence-electron chi connectivity index (χ1n) is 10.1. The fraction of sp³-hybridized carbons (Fsp3) is 0.714. The van der Waals surface area contributed by atoms with Gasteiger partial charge < -0.3 is 9.64 Å². The molecule has 0 aliphatic carbocycles. The first-order valence-corrected chi connectivity index (χ1v) is 10.1. The Morgan fingerprint density at radius 2 is 1.72 bits per heavy atom. The second-order valence-electron chi connectivity index (χ2n) is 8.10. The molecule has 3 saturated heterocycles. The molecule has 138 valence electrons. The van der Waals surface area contributed by atoms with Crippen LogP contribution >= 0.6 is 0 Å². The number of rotatable bonds is 6. The summed E-state index contributed by atoms with van der Waals surface area (Å²) in [5.74, 6) is 0. The van der Waals surface area contributed by atoms with Crippen LogP contribution in [0.3, 0.4) is 0 Å². The van der Waals surface area contributed by atoms with E-state index >= 15 is 0 Å². The molecule has 2 unspecified atom stereocenters. The zero-order chi connectivity index (χ0) is 17.1. The highest BCUT2D eigenvalue weighted by atomic mass is 16.5. The fourth-order valence-electron chi connectivity index (χ4n) is 4.96. The first-order chi connectivity index (χ1) is 12.3. The Hall–Kier alpha value is -0.940. The molecule has 4 rings (SSSR count). The summed E-state index contributed by atoms with van der Waals surface area (Å²) in [5, 5.41) is 0. The number of morpholine rings is 1. The van der Waals surface area contributed by atoms with E-state index in [1.54, 1.807) is 0 Å². The van der Waals surface area contributed by atoms with Crippen LogP contribution in [0.2, 0.25) is 0 Å². The summed E-state index contributed by atoms with van der Waals surface area (Å²) in [4.78, 5) is 7.99. The Kier molecular flexibility index (Phi) is 5.71. The minimum absolute atomic E-state index is 0.769. The molecule has 2 atom stereocenters. The van der Waals surface area contributed by atoms with Gasteiger partial charge in [0.1, 0.15) is 0 Å². The zero-order valence-corrected chi connectivity index (χ0v) is 15.6. The van der Waals surface area contributed by atoms with E-state index in [1.165, 1.54) is 44.3 Å². The van der Waals surface area contributed by atoms with Gasteiger partial charge in [-0.15, -0.1) is 0 Å². The zero-order valence-electron chi connectivity index (χ0n) is 15.6. The van der Waals surface area contributed by atoms with Gasteiger partial charge in [0, 0.05) is 50.8 Å². The molecule has 0 amide bonds. The molecule has 0 N–H and O–H groups in total. The smallest absolute Gasteiger partial charge is 0.0594 e. The molecule has 3 aliphatic rings. The summed E-state index contributed by atoms with van der Waals surface area (Å²) >= 11 is 0. The molecule has 0 aromatic heterocycles. The molecule has 2 bridgehead atoms. The van der Waals surface area contributed by atoms with Gasteiger partial charge in [-0.3, -0.25) is 9.80 Å². The Morgan fingerprint density at radius 1 is 1.04 bits per heavy atom. The average Bonchev–Trinajstić information content (AvgIpc) is 2.89. The van der Waals surface area contributed by atoms with Crippen molar-refractivity contribution in [3.8, 4) is 0 Å². The molecular weight excluding hydrogens is 310 g/mol. The molecule has 0 saturated carbocycles. The maximum absolute atomic E-state index is 5.46. The number of likely N-dealkylation sites (N-methyl/N-ethyl adjacent to an activating group) is 1. The Labute approximate surface area is 152 Å². The highest BCUT2D eigenvalue weighted by Gasteiger charge is 2.41. The number of fused-ring (bicyclic) bond motifs is 2. The number of nitrogens with zero attached hydrogens (tertiary/aromatic N) is 3. The van der Waals surface area contributed by atoms with Crippen molar-refractivity contribution in [2.24, 2.45) is 0 Å². The SMILES string of the molecule is CN(CCN1CCOCC1)C1CC2CCC(C1)N2Cc1ccccc1. The average molecular weight is 344 g/mol. The van der Waals surface area contributed by atoms with Gasteiger partial charge in [0.2, 0.25) is 0 Å². The lowest BCUT2D eigenvalue weighted by molar-refractivity contribution is 0.0251. The molecular formula is C21H33N3O. The molecule has 3 heterocycles. The van der Waals surface area contributed by atoms with Crippen LogP contribution in [-0.4, -0.2) is 79.3 Å². The second kappa shape index (κ2) is 8.17. The van der Waals surface area contributed by atoms with Crippen molar-refractivity contribution in [2.45, 2.75) is 50.4 Å². The van der Waals surface area contributed by atoms with Gasteiger partial charge in [-0.1, -0.05) is 30.3 Å². The van der Waals surface area contributed by atoms with Crippen molar-refractivity contribution in [3.05, 3.63) is 35.9 Å². The third-order valence-electron chi connectivity index (χ3n) is 6.56. The Bertz CT molecular complexity index is 517. The van der Waals surface area contributed by atoms with E-state index in [-0.39, 0.29) is 0 Å². The summed E-state index contributed by atoms with van der Waals surface area (Å²) in [6.45, 7) is 7.56. The van der Waals surface area contributed by atoms with E-state index in [0.717, 1.165) is 51.0 Å². The minimum Gasteiger partial charge on any atom is -0.379 e. The number of piperidine rings is 1. The highest BCUT2D eigenvalue weighted by molar-refractivity contribution is 5.15. The Morgan fingerprint density at radius 3 is 2.40 bits per heavy atom. The lowest BCUT2D eigenvalue weighted by atomic mass is 9.95. The molecule has 3 fully saturated rings. The fourth-order valence-corrected chi connectivity index (χ4v) is 4.96. The number of hydrogen-bond donors (Lipinski definition) is 0. The van der Waals surface area contributed by atoms with Gasteiger partial charge in [-0.25, -0.2) is 0 Å². The highest BCUT2D eigenvalue weighted by Crippen LogP contribution is 2.38. The van der Waals surface area contributed by atoms with Gasteiger partial charge in [-0.05, 0) is 38.3 Å². The van der Waals surface area contributed by atoms with Crippen LogP contribution in [0.4, 0.5) is 0 Å². The summed E-state index contributed by atoms with van der Waals surface area (Å²) in [6, 6.07) is 13.4.